The van der Waals surface area contributed by atoms with Gasteiger partial charge in [-0.1, -0.05) is 0 Å². The number of aromatic nitrogens is 3. The van der Waals surface area contributed by atoms with Crippen LogP contribution in [0.5, 0.6) is 0 Å². The molecule has 1 amide bonds. The van der Waals surface area contributed by atoms with Crippen LogP contribution in [0.25, 0.3) is 0 Å². The number of piperidine rings is 1. The molecule has 0 unspecified atom stereocenters. The first-order valence-electron chi connectivity index (χ1n) is 9.84. The van der Waals surface area contributed by atoms with Gasteiger partial charge in [-0.25, -0.2) is 0 Å². The first-order chi connectivity index (χ1) is 12.8. The van der Waals surface area contributed by atoms with Gasteiger partial charge in [0.15, 0.2) is 0 Å². The normalized spacial score (nSPS) is 19.1. The molecular formula is C21H31N5O. The molecule has 3 rings (SSSR count). The smallest absolute Gasteiger partial charge is 0.222 e. The third-order valence-electron chi connectivity index (χ3n) is 5.51. The molecule has 1 aliphatic rings. The van der Waals surface area contributed by atoms with Crippen molar-refractivity contribution in [1.29, 1.82) is 0 Å². The van der Waals surface area contributed by atoms with Crippen molar-refractivity contribution in [2.45, 2.75) is 59.9 Å². The Morgan fingerprint density at radius 3 is 2.70 bits per heavy atom. The summed E-state index contributed by atoms with van der Waals surface area (Å²) in [7, 11) is 0. The van der Waals surface area contributed by atoms with Gasteiger partial charge in [0, 0.05) is 30.4 Å². The summed E-state index contributed by atoms with van der Waals surface area (Å²) in [6.07, 6.45) is 3.57. The van der Waals surface area contributed by atoms with Gasteiger partial charge in [0.1, 0.15) is 5.82 Å². The maximum Gasteiger partial charge on any atom is 0.222 e. The molecule has 0 spiro atoms. The third-order valence-corrected chi connectivity index (χ3v) is 5.51. The van der Waals surface area contributed by atoms with E-state index >= 15 is 0 Å². The molecule has 6 nitrogen and oxygen atoms in total. The van der Waals surface area contributed by atoms with Gasteiger partial charge in [0.2, 0.25) is 5.91 Å². The van der Waals surface area contributed by atoms with Gasteiger partial charge in [-0.2, -0.15) is 5.10 Å². The van der Waals surface area contributed by atoms with E-state index in [4.69, 9.17) is 0 Å². The third kappa shape index (κ3) is 4.75. The maximum absolute atomic E-state index is 11.3. The van der Waals surface area contributed by atoms with Gasteiger partial charge >= 0.3 is 0 Å². The summed E-state index contributed by atoms with van der Waals surface area (Å²) in [5.74, 6) is 1.28. The molecule has 0 aliphatic carbocycles. The quantitative estimate of drug-likeness (QED) is 0.843. The minimum atomic E-state index is -0.0815. The second kappa shape index (κ2) is 8.21. The highest BCUT2D eigenvalue weighted by molar-refractivity contribution is 5.88. The van der Waals surface area contributed by atoms with Crippen molar-refractivity contribution in [1.82, 2.24) is 20.1 Å². The lowest BCUT2D eigenvalue weighted by Crippen LogP contribution is -2.38. The number of aromatic amines is 1. The summed E-state index contributed by atoms with van der Waals surface area (Å²) in [6, 6.07) is 4.66. The molecule has 0 saturated carbocycles. The number of aryl methyl sites for hydroxylation is 2. The number of rotatable bonds is 5. The van der Waals surface area contributed by atoms with Crippen LogP contribution in [0.3, 0.4) is 0 Å². The highest BCUT2D eigenvalue weighted by Gasteiger charge is 2.27. The van der Waals surface area contributed by atoms with Crippen LogP contribution >= 0.6 is 0 Å². The Hall–Kier alpha value is -2.21. The van der Waals surface area contributed by atoms with Gasteiger partial charge in [-0.3, -0.25) is 19.8 Å². The van der Waals surface area contributed by atoms with E-state index in [0.717, 1.165) is 42.2 Å². The topological polar surface area (TPSA) is 73.9 Å². The molecule has 2 N–H and O–H groups in total. The van der Waals surface area contributed by atoms with Crippen LogP contribution in [0.4, 0.5) is 5.82 Å². The molecule has 2 aromatic heterocycles. The Balaban J connectivity index is 1.68. The molecule has 146 valence electrons. The number of H-pyrrole nitrogens is 1. The number of amides is 1. The lowest BCUT2D eigenvalue weighted by molar-refractivity contribution is -0.114. The predicted octanol–water partition coefficient (Wildman–Crippen LogP) is 3.70. The number of anilines is 1. The number of hydrogen-bond donors (Lipinski definition) is 2. The molecule has 1 fully saturated rings. The van der Waals surface area contributed by atoms with Crippen molar-refractivity contribution < 1.29 is 4.79 Å². The van der Waals surface area contributed by atoms with E-state index < -0.39 is 0 Å². The number of carbonyl (C=O) groups is 1. The van der Waals surface area contributed by atoms with Crippen LogP contribution in [-0.4, -0.2) is 39.1 Å². The molecule has 1 aliphatic heterocycles. The summed E-state index contributed by atoms with van der Waals surface area (Å²) < 4.78 is 0. The van der Waals surface area contributed by atoms with Crippen LogP contribution in [0, 0.1) is 26.7 Å². The van der Waals surface area contributed by atoms with Gasteiger partial charge < -0.3 is 5.32 Å². The highest BCUT2D eigenvalue weighted by atomic mass is 16.1. The summed E-state index contributed by atoms with van der Waals surface area (Å²) >= 11 is 0. The van der Waals surface area contributed by atoms with Crippen LogP contribution in [-0.2, 0) is 11.2 Å². The van der Waals surface area contributed by atoms with E-state index in [1.807, 2.05) is 6.92 Å². The Morgan fingerprint density at radius 2 is 2.04 bits per heavy atom. The zero-order valence-electron chi connectivity index (χ0n) is 17.1. The van der Waals surface area contributed by atoms with Crippen molar-refractivity contribution in [3.8, 4) is 0 Å². The van der Waals surface area contributed by atoms with E-state index in [0.29, 0.717) is 11.7 Å². The molecule has 0 radical (unpaired) electrons. The number of pyridine rings is 1. The van der Waals surface area contributed by atoms with E-state index in [2.05, 4.69) is 58.3 Å². The fraction of sp³-hybridized carbons (Fsp3) is 0.571. The summed E-state index contributed by atoms with van der Waals surface area (Å²) in [5, 5.41) is 10.3. The number of likely N-dealkylation sites (tertiary alicyclic amines) is 1. The zero-order valence-corrected chi connectivity index (χ0v) is 17.1. The summed E-state index contributed by atoms with van der Waals surface area (Å²) in [5.41, 5.74) is 5.64. The zero-order chi connectivity index (χ0) is 19.6. The second-order valence-corrected chi connectivity index (χ2v) is 7.93. The first kappa shape index (κ1) is 19.5. The lowest BCUT2D eigenvalue weighted by Gasteiger charge is -2.36. The van der Waals surface area contributed by atoms with Crippen LogP contribution in [0.15, 0.2) is 12.1 Å². The molecule has 27 heavy (non-hydrogen) atoms. The fourth-order valence-electron chi connectivity index (χ4n) is 4.28. The van der Waals surface area contributed by atoms with Gasteiger partial charge in [-0.15, -0.1) is 0 Å². The average molecular weight is 370 g/mol. The van der Waals surface area contributed by atoms with Crippen molar-refractivity contribution in [2.75, 3.05) is 18.4 Å². The van der Waals surface area contributed by atoms with Gasteiger partial charge in [0.05, 0.1) is 11.7 Å². The van der Waals surface area contributed by atoms with E-state index in [9.17, 15) is 4.79 Å². The molecule has 2 atom stereocenters. The number of carbonyl (C=O) groups excluding carboxylic acids is 1. The number of nitrogens with zero attached hydrogens (tertiary/aromatic N) is 3. The van der Waals surface area contributed by atoms with Gasteiger partial charge in [0.25, 0.3) is 0 Å². The minimum absolute atomic E-state index is 0.0815. The van der Waals surface area contributed by atoms with Crippen molar-refractivity contribution in [3.05, 3.63) is 40.3 Å². The monoisotopic (exact) mass is 369 g/mol. The molecule has 0 aromatic carbocycles. The molecule has 6 heteroatoms. The number of nitrogens with one attached hydrogen (secondary N) is 2. The number of hydrogen-bond acceptors (Lipinski definition) is 4. The van der Waals surface area contributed by atoms with Crippen molar-refractivity contribution >= 4 is 11.7 Å². The molecule has 0 bridgehead atoms. The Labute approximate surface area is 161 Å². The standard InChI is InChI=1S/C21H31N5O/c1-13-9-19(10-14(2)22-13)11-18-7-6-8-26(12-18)16(4)20-15(3)21(25-24-20)23-17(5)27/h9-10,16,18H,6-8,11-12H2,1-5H3,(H2,23,24,25,27)/t16-,18-/m1/s1. The SMILES string of the molecule is CC(=O)Nc1[nH]nc([C@@H](C)N2CCC[C@H](Cc3cc(C)nc(C)c3)C2)c1C. The molecule has 3 heterocycles. The fourth-order valence-corrected chi connectivity index (χ4v) is 4.28. The molecule has 1 saturated heterocycles. The van der Waals surface area contributed by atoms with Crippen LogP contribution < -0.4 is 5.32 Å². The van der Waals surface area contributed by atoms with Crippen molar-refractivity contribution in [2.24, 2.45) is 5.92 Å². The largest absolute Gasteiger partial charge is 0.311 e. The van der Waals surface area contributed by atoms with E-state index in [-0.39, 0.29) is 11.9 Å². The first-order valence-corrected chi connectivity index (χ1v) is 9.84. The van der Waals surface area contributed by atoms with E-state index in [1.54, 1.807) is 0 Å². The van der Waals surface area contributed by atoms with E-state index in [1.165, 1.54) is 25.3 Å². The predicted molar refractivity (Wildman–Crippen MR) is 108 cm³/mol. The lowest BCUT2D eigenvalue weighted by atomic mass is 9.90. The maximum atomic E-state index is 11.3. The Bertz CT molecular complexity index is 793. The summed E-state index contributed by atoms with van der Waals surface area (Å²) in [4.78, 5) is 18.4. The van der Waals surface area contributed by atoms with Crippen LogP contribution in [0.2, 0.25) is 0 Å². The second-order valence-electron chi connectivity index (χ2n) is 7.93. The Morgan fingerprint density at radius 1 is 1.33 bits per heavy atom. The van der Waals surface area contributed by atoms with Crippen LogP contribution in [0.1, 0.15) is 60.9 Å². The minimum Gasteiger partial charge on any atom is -0.311 e. The average Bonchev–Trinajstić information content (AvgIpc) is 2.93. The molecular weight excluding hydrogens is 338 g/mol. The highest BCUT2D eigenvalue weighted by Crippen LogP contribution is 2.30. The van der Waals surface area contributed by atoms with Gasteiger partial charge in [-0.05, 0) is 77.1 Å². The molecule has 2 aromatic rings. The summed E-state index contributed by atoms with van der Waals surface area (Å²) in [6.45, 7) is 12.0. The van der Waals surface area contributed by atoms with Crippen molar-refractivity contribution in [3.63, 3.8) is 0 Å². The Kier molecular flexibility index (Phi) is 5.95.